The minimum atomic E-state index is -1.58. The SMILES string of the molecule is Cc1cccc(S(=O)[N-]c2ccccc2)c1O.[Cl][Ti][Cl]. The molecule has 1 atom stereocenters. The maximum atomic E-state index is 12.0. The van der Waals surface area contributed by atoms with Crippen molar-refractivity contribution in [1.29, 1.82) is 0 Å². The molecule has 0 aliphatic carbocycles. The Bertz CT molecular complexity index is 570. The summed E-state index contributed by atoms with van der Waals surface area (Å²) in [6, 6.07) is 14.2. The third-order valence-electron chi connectivity index (χ3n) is 2.33. The Morgan fingerprint density at radius 2 is 1.70 bits per heavy atom. The van der Waals surface area contributed by atoms with Gasteiger partial charge in [0.25, 0.3) is 0 Å². The number of halogens is 2. The molecule has 0 bridgehead atoms. The molecule has 0 aromatic heterocycles. The van der Waals surface area contributed by atoms with Crippen molar-refractivity contribution in [2.75, 3.05) is 0 Å². The number of hydrogen-bond acceptors (Lipinski definition) is 2. The van der Waals surface area contributed by atoms with E-state index in [1.165, 1.54) is 0 Å². The summed E-state index contributed by atoms with van der Waals surface area (Å²) in [4.78, 5) is 0.342. The van der Waals surface area contributed by atoms with Crippen LogP contribution in [0.3, 0.4) is 0 Å². The summed E-state index contributed by atoms with van der Waals surface area (Å²) >= 11 is -0.556. The molecule has 0 saturated carbocycles. The van der Waals surface area contributed by atoms with Crippen molar-refractivity contribution in [3.05, 3.63) is 58.8 Å². The first kappa shape index (κ1) is 17.5. The molecule has 0 heterocycles. The number of aromatic hydroxyl groups is 1. The quantitative estimate of drug-likeness (QED) is 0.794. The molecule has 106 valence electrons. The van der Waals surface area contributed by atoms with E-state index in [0.29, 0.717) is 16.1 Å². The van der Waals surface area contributed by atoms with Crippen LogP contribution in [0.1, 0.15) is 5.56 Å². The van der Waals surface area contributed by atoms with Gasteiger partial charge in [-0.2, -0.15) is 0 Å². The van der Waals surface area contributed by atoms with E-state index in [9.17, 15) is 9.32 Å². The van der Waals surface area contributed by atoms with E-state index in [2.05, 4.69) is 4.72 Å². The zero-order valence-corrected chi connectivity index (χ0v) is 14.5. The Morgan fingerprint density at radius 1 is 1.10 bits per heavy atom. The van der Waals surface area contributed by atoms with Crippen LogP contribution in [0.2, 0.25) is 0 Å². The van der Waals surface area contributed by atoms with Crippen LogP contribution in [-0.4, -0.2) is 9.32 Å². The number of hydrogen-bond donors (Lipinski definition) is 1. The molecular formula is C13H12Cl2NO2STi-. The van der Waals surface area contributed by atoms with Gasteiger partial charge >= 0.3 is 35.6 Å². The van der Waals surface area contributed by atoms with Crippen LogP contribution >= 0.6 is 18.6 Å². The number of benzene rings is 2. The topological polar surface area (TPSA) is 51.4 Å². The second-order valence-corrected chi connectivity index (χ2v) is 7.37. The third kappa shape index (κ3) is 5.47. The second-order valence-electron chi connectivity index (χ2n) is 3.67. The van der Waals surface area contributed by atoms with Crippen LogP contribution in [0, 0.1) is 6.92 Å². The molecule has 7 heteroatoms. The Balaban J connectivity index is 0.000000612. The second kappa shape index (κ2) is 9.43. The number of rotatable bonds is 3. The number of aryl methyl sites for hydroxylation is 1. The zero-order valence-electron chi connectivity index (χ0n) is 10.6. The molecular weight excluding hydrogens is 353 g/mol. The van der Waals surface area contributed by atoms with Crippen molar-refractivity contribution in [1.82, 2.24) is 0 Å². The first-order chi connectivity index (χ1) is 9.60. The maximum absolute atomic E-state index is 12.0. The number of phenols is 1. The predicted molar refractivity (Wildman–Crippen MR) is 80.4 cm³/mol. The van der Waals surface area contributed by atoms with Crippen LogP contribution in [0.15, 0.2) is 53.4 Å². The third-order valence-corrected chi connectivity index (χ3v) is 3.42. The summed E-state index contributed by atoms with van der Waals surface area (Å²) in [5, 5.41) is 9.79. The van der Waals surface area contributed by atoms with Crippen molar-refractivity contribution in [3.8, 4) is 5.75 Å². The monoisotopic (exact) mass is 364 g/mol. The van der Waals surface area contributed by atoms with Crippen molar-refractivity contribution in [3.63, 3.8) is 0 Å². The first-order valence-electron chi connectivity index (χ1n) is 5.53. The van der Waals surface area contributed by atoms with E-state index >= 15 is 0 Å². The molecule has 20 heavy (non-hydrogen) atoms. The molecule has 2 aromatic carbocycles. The van der Waals surface area contributed by atoms with Gasteiger partial charge < -0.3 is 9.83 Å². The summed E-state index contributed by atoms with van der Waals surface area (Å²) in [7, 11) is 8.20. The van der Waals surface area contributed by atoms with Gasteiger partial charge in [0.05, 0.1) is 4.90 Å². The molecule has 0 saturated heterocycles. The molecule has 1 unspecified atom stereocenters. The number of para-hydroxylation sites is 1. The van der Waals surface area contributed by atoms with Crippen LogP contribution in [0.25, 0.3) is 4.72 Å². The predicted octanol–water partition coefficient (Wildman–Crippen LogP) is 4.81. The van der Waals surface area contributed by atoms with E-state index < -0.39 is 28.0 Å². The normalized spacial score (nSPS) is 10.9. The summed E-state index contributed by atoms with van der Waals surface area (Å²) in [6.07, 6.45) is 0. The van der Waals surface area contributed by atoms with Gasteiger partial charge in [0.1, 0.15) is 5.75 Å². The summed E-state index contributed by atoms with van der Waals surface area (Å²) in [5.41, 5.74) is 1.32. The van der Waals surface area contributed by atoms with Crippen molar-refractivity contribution >= 4 is 35.3 Å². The van der Waals surface area contributed by atoms with Crippen LogP contribution < -0.4 is 0 Å². The van der Waals surface area contributed by atoms with E-state index in [-0.39, 0.29) is 5.75 Å². The Labute approximate surface area is 137 Å². The van der Waals surface area contributed by atoms with Crippen molar-refractivity contribution < 1.29 is 26.3 Å². The van der Waals surface area contributed by atoms with Crippen molar-refractivity contribution in [2.45, 2.75) is 11.8 Å². The summed E-state index contributed by atoms with van der Waals surface area (Å²) < 4.78 is 16.0. The molecule has 0 fully saturated rings. The fourth-order valence-electron chi connectivity index (χ4n) is 1.41. The molecule has 2 aromatic rings. The zero-order chi connectivity index (χ0) is 15.0. The molecule has 2 rings (SSSR count). The summed E-state index contributed by atoms with van der Waals surface area (Å²) in [6.45, 7) is 1.76. The van der Waals surface area contributed by atoms with Gasteiger partial charge in [-0.15, -0.1) is 5.69 Å². The molecule has 0 radical (unpaired) electrons. The average molecular weight is 365 g/mol. The van der Waals surface area contributed by atoms with Crippen LogP contribution in [0.5, 0.6) is 5.75 Å². The first-order valence-corrected chi connectivity index (χ1v) is 10.9. The fraction of sp³-hybridized carbons (Fsp3) is 0.0769. The Hall–Kier alpha value is -0.516. The van der Waals surface area contributed by atoms with E-state index in [1.54, 1.807) is 37.3 Å². The van der Waals surface area contributed by atoms with Gasteiger partial charge in [-0.25, -0.2) is 0 Å². The molecule has 0 aliphatic rings. The fourth-order valence-corrected chi connectivity index (χ4v) is 2.34. The van der Waals surface area contributed by atoms with Crippen LogP contribution in [0.4, 0.5) is 5.69 Å². The number of nitrogens with zero attached hydrogens (tertiary/aromatic N) is 1. The van der Waals surface area contributed by atoms with Gasteiger partial charge in [0.2, 0.25) is 0 Å². The van der Waals surface area contributed by atoms with Crippen LogP contribution in [-0.2, 0) is 28.0 Å². The Kier molecular flexibility index (Phi) is 8.26. The Morgan fingerprint density at radius 3 is 2.30 bits per heavy atom. The van der Waals surface area contributed by atoms with Gasteiger partial charge in [-0.3, -0.25) is 4.21 Å². The molecule has 1 N–H and O–H groups in total. The minimum absolute atomic E-state index is 0.0468. The molecule has 0 spiro atoms. The van der Waals surface area contributed by atoms with Gasteiger partial charge in [0, 0.05) is 0 Å². The average Bonchev–Trinajstić information content (AvgIpc) is 2.44. The van der Waals surface area contributed by atoms with E-state index in [1.807, 2.05) is 18.2 Å². The molecule has 3 nitrogen and oxygen atoms in total. The summed E-state index contributed by atoms with van der Waals surface area (Å²) in [5.74, 6) is 0.0468. The number of phenolic OH excluding ortho intramolecular Hbond substituents is 1. The van der Waals surface area contributed by atoms with E-state index in [4.69, 9.17) is 18.6 Å². The molecule has 0 aliphatic heterocycles. The standard InChI is InChI=1S/C13H12NO2S.2ClH.Ti/c1-10-6-5-9-12(13(10)15)17(16)14-11-7-3-2-4-8-11;;;/h2-9,15H,1H3;2*1H;/q-1;;;+2/p-2. The van der Waals surface area contributed by atoms with Gasteiger partial charge in [-0.05, 0) is 29.5 Å². The van der Waals surface area contributed by atoms with Crippen molar-refractivity contribution in [2.24, 2.45) is 0 Å². The van der Waals surface area contributed by atoms with E-state index in [0.717, 1.165) is 0 Å². The molecule has 0 amide bonds. The van der Waals surface area contributed by atoms with Gasteiger partial charge in [0.15, 0.2) is 0 Å². The van der Waals surface area contributed by atoms with Gasteiger partial charge in [-0.1, -0.05) is 42.5 Å².